The highest BCUT2D eigenvalue weighted by atomic mass is 16.4. The quantitative estimate of drug-likeness (QED) is 0.826. The van der Waals surface area contributed by atoms with Gasteiger partial charge in [-0.2, -0.15) is 0 Å². The van der Waals surface area contributed by atoms with Gasteiger partial charge in [0.1, 0.15) is 5.69 Å². The SMILES string of the molecule is CC1=C(N=Nc2ccccc2C(=O)O)C(=O)N=N1. The Bertz CT molecular complexity index is 616. The first-order valence-corrected chi connectivity index (χ1v) is 5.00. The number of carbonyl (C=O) groups is 2. The topological polar surface area (TPSA) is 104 Å². The van der Waals surface area contributed by atoms with Crippen molar-refractivity contribution in [1.82, 2.24) is 0 Å². The molecule has 0 aromatic heterocycles. The third-order valence-electron chi connectivity index (χ3n) is 2.23. The van der Waals surface area contributed by atoms with E-state index in [1.165, 1.54) is 12.1 Å². The normalized spacial score (nSPS) is 14.8. The van der Waals surface area contributed by atoms with Gasteiger partial charge in [0.25, 0.3) is 0 Å². The van der Waals surface area contributed by atoms with Gasteiger partial charge in [-0.05, 0) is 19.1 Å². The Hall–Kier alpha value is -2.70. The molecule has 0 fully saturated rings. The molecule has 0 bridgehead atoms. The molecule has 90 valence electrons. The minimum absolute atomic E-state index is 0.0128. The van der Waals surface area contributed by atoms with Gasteiger partial charge in [-0.25, -0.2) is 4.79 Å². The number of carboxylic acids is 1. The van der Waals surface area contributed by atoms with Crippen LogP contribution in [0.2, 0.25) is 0 Å². The fraction of sp³-hybridized carbons (Fsp3) is 0.0909. The van der Waals surface area contributed by atoms with Gasteiger partial charge < -0.3 is 5.11 Å². The summed E-state index contributed by atoms with van der Waals surface area (Å²) in [5, 5.41) is 23.3. The van der Waals surface area contributed by atoms with E-state index in [9.17, 15) is 9.59 Å². The molecule has 1 aliphatic heterocycles. The Labute approximate surface area is 102 Å². The first-order valence-electron chi connectivity index (χ1n) is 5.00. The predicted molar refractivity (Wildman–Crippen MR) is 60.5 cm³/mol. The summed E-state index contributed by atoms with van der Waals surface area (Å²) < 4.78 is 0. The molecule has 1 aliphatic rings. The molecule has 0 aliphatic carbocycles. The molecular formula is C11H8N4O3. The van der Waals surface area contributed by atoms with E-state index in [1.54, 1.807) is 19.1 Å². The van der Waals surface area contributed by atoms with Crippen LogP contribution in [0.5, 0.6) is 0 Å². The Morgan fingerprint density at radius 1 is 1.22 bits per heavy atom. The average molecular weight is 244 g/mol. The van der Waals surface area contributed by atoms with Crippen LogP contribution in [0.4, 0.5) is 5.69 Å². The zero-order valence-electron chi connectivity index (χ0n) is 9.36. The Kier molecular flexibility index (Phi) is 3.05. The molecule has 7 heteroatoms. The highest BCUT2D eigenvalue weighted by Gasteiger charge is 2.18. The van der Waals surface area contributed by atoms with Gasteiger partial charge in [0.15, 0.2) is 5.70 Å². The van der Waals surface area contributed by atoms with E-state index < -0.39 is 11.9 Å². The Balaban J connectivity index is 2.33. The van der Waals surface area contributed by atoms with Crippen molar-refractivity contribution in [3.05, 3.63) is 41.2 Å². The summed E-state index contributed by atoms with van der Waals surface area (Å²) in [5.74, 6) is -1.69. The van der Waals surface area contributed by atoms with Crippen LogP contribution in [0.1, 0.15) is 17.3 Å². The Morgan fingerprint density at radius 2 is 1.94 bits per heavy atom. The van der Waals surface area contributed by atoms with Crippen molar-refractivity contribution >= 4 is 17.6 Å². The number of hydrogen-bond acceptors (Lipinski definition) is 5. The van der Waals surface area contributed by atoms with Crippen molar-refractivity contribution < 1.29 is 14.7 Å². The molecule has 0 atom stereocenters. The van der Waals surface area contributed by atoms with Crippen LogP contribution in [-0.4, -0.2) is 17.0 Å². The number of benzene rings is 1. The molecule has 1 aromatic rings. The number of nitrogens with zero attached hydrogens (tertiary/aromatic N) is 4. The summed E-state index contributed by atoms with van der Waals surface area (Å²) in [6, 6.07) is 6.12. The summed E-state index contributed by atoms with van der Waals surface area (Å²) in [7, 11) is 0. The number of amides is 1. The zero-order chi connectivity index (χ0) is 13.1. The smallest absolute Gasteiger partial charge is 0.337 e. The van der Waals surface area contributed by atoms with E-state index in [0.717, 1.165) is 0 Å². The molecule has 0 spiro atoms. The van der Waals surface area contributed by atoms with Crippen molar-refractivity contribution in [2.45, 2.75) is 6.92 Å². The van der Waals surface area contributed by atoms with Crippen LogP contribution >= 0.6 is 0 Å². The zero-order valence-corrected chi connectivity index (χ0v) is 9.36. The van der Waals surface area contributed by atoms with Gasteiger partial charge in [0.2, 0.25) is 0 Å². The lowest BCUT2D eigenvalue weighted by molar-refractivity contribution is -0.114. The van der Waals surface area contributed by atoms with Crippen LogP contribution in [0.15, 0.2) is 56.1 Å². The molecule has 1 heterocycles. The number of rotatable bonds is 3. The highest BCUT2D eigenvalue weighted by Crippen LogP contribution is 2.23. The monoisotopic (exact) mass is 244 g/mol. The third-order valence-corrected chi connectivity index (χ3v) is 2.23. The summed E-state index contributed by atoms with van der Waals surface area (Å²) in [4.78, 5) is 22.2. The lowest BCUT2D eigenvalue weighted by Gasteiger charge is -1.98. The van der Waals surface area contributed by atoms with E-state index in [0.29, 0.717) is 5.70 Å². The maximum absolute atomic E-state index is 11.2. The molecule has 7 nitrogen and oxygen atoms in total. The van der Waals surface area contributed by atoms with Crippen molar-refractivity contribution in [2.24, 2.45) is 20.5 Å². The molecule has 0 radical (unpaired) electrons. The number of allylic oxidation sites excluding steroid dienone is 1. The predicted octanol–water partition coefficient (Wildman–Crippen LogP) is 2.69. The highest BCUT2D eigenvalue weighted by molar-refractivity contribution is 5.96. The fourth-order valence-electron chi connectivity index (χ4n) is 1.33. The van der Waals surface area contributed by atoms with E-state index >= 15 is 0 Å². The molecule has 0 saturated carbocycles. The van der Waals surface area contributed by atoms with Gasteiger partial charge in [-0.15, -0.1) is 20.5 Å². The maximum atomic E-state index is 11.2. The molecule has 0 saturated heterocycles. The van der Waals surface area contributed by atoms with E-state index in [2.05, 4.69) is 20.5 Å². The largest absolute Gasteiger partial charge is 0.478 e. The van der Waals surface area contributed by atoms with Crippen LogP contribution in [0.3, 0.4) is 0 Å². The third kappa shape index (κ3) is 2.19. The minimum Gasteiger partial charge on any atom is -0.478 e. The van der Waals surface area contributed by atoms with Crippen LogP contribution in [0, 0.1) is 0 Å². The molecule has 2 rings (SSSR count). The summed E-state index contributed by atoms with van der Waals surface area (Å²) >= 11 is 0. The number of hydrogen-bond donors (Lipinski definition) is 1. The summed E-state index contributed by atoms with van der Waals surface area (Å²) in [5.41, 5.74) is 0.565. The van der Waals surface area contributed by atoms with Crippen molar-refractivity contribution in [1.29, 1.82) is 0 Å². The molecule has 1 aromatic carbocycles. The summed E-state index contributed by atoms with van der Waals surface area (Å²) in [6.07, 6.45) is 0. The number of azo groups is 2. The second-order valence-electron chi connectivity index (χ2n) is 3.46. The Morgan fingerprint density at radius 3 is 2.56 bits per heavy atom. The van der Waals surface area contributed by atoms with Gasteiger partial charge in [0.05, 0.1) is 11.3 Å². The lowest BCUT2D eigenvalue weighted by Crippen LogP contribution is -1.96. The van der Waals surface area contributed by atoms with E-state index in [4.69, 9.17) is 5.11 Å². The fourth-order valence-corrected chi connectivity index (χ4v) is 1.33. The van der Waals surface area contributed by atoms with Crippen molar-refractivity contribution in [2.75, 3.05) is 0 Å². The van der Waals surface area contributed by atoms with Crippen LogP contribution in [0.25, 0.3) is 0 Å². The molecule has 18 heavy (non-hydrogen) atoms. The van der Waals surface area contributed by atoms with E-state index in [-0.39, 0.29) is 16.9 Å². The molecule has 0 unspecified atom stereocenters. The number of carboxylic acid groups (broad SMARTS) is 1. The van der Waals surface area contributed by atoms with Crippen LogP contribution in [-0.2, 0) is 4.79 Å². The van der Waals surface area contributed by atoms with E-state index in [1.807, 2.05) is 0 Å². The lowest BCUT2D eigenvalue weighted by atomic mass is 10.2. The standard InChI is InChI=1S/C11H8N4O3/c1-6-9(10(16)15-12-6)14-13-8-5-3-2-4-7(8)11(17)18/h2-5H,1H3,(H,17,18). The van der Waals surface area contributed by atoms with Crippen molar-refractivity contribution in [3.63, 3.8) is 0 Å². The van der Waals surface area contributed by atoms with Crippen LogP contribution < -0.4 is 0 Å². The first-order chi connectivity index (χ1) is 8.59. The number of carbonyl (C=O) groups excluding carboxylic acids is 1. The van der Waals surface area contributed by atoms with Gasteiger partial charge in [-0.1, -0.05) is 12.1 Å². The molecule has 1 amide bonds. The summed E-state index contributed by atoms with van der Waals surface area (Å²) in [6.45, 7) is 1.58. The molecular weight excluding hydrogens is 236 g/mol. The second kappa shape index (κ2) is 4.66. The van der Waals surface area contributed by atoms with Crippen molar-refractivity contribution in [3.8, 4) is 0 Å². The maximum Gasteiger partial charge on any atom is 0.337 e. The van der Waals surface area contributed by atoms with Gasteiger partial charge in [0, 0.05) is 0 Å². The minimum atomic E-state index is -1.11. The van der Waals surface area contributed by atoms with Gasteiger partial charge >= 0.3 is 11.9 Å². The molecule has 1 N–H and O–H groups in total. The average Bonchev–Trinajstić information content (AvgIpc) is 2.67. The second-order valence-corrected chi connectivity index (χ2v) is 3.46. The van der Waals surface area contributed by atoms with Gasteiger partial charge in [-0.3, -0.25) is 4.79 Å². The first kappa shape index (κ1) is 11.8. The number of aromatic carboxylic acids is 1.